The van der Waals surface area contributed by atoms with E-state index < -0.39 is 0 Å². The summed E-state index contributed by atoms with van der Waals surface area (Å²) in [6, 6.07) is 0. The van der Waals surface area contributed by atoms with Crippen LogP contribution in [0.1, 0.15) is 37.6 Å². The highest BCUT2D eigenvalue weighted by Gasteiger charge is 2.19. The van der Waals surface area contributed by atoms with Gasteiger partial charge in [0.15, 0.2) is 5.96 Å². The maximum Gasteiger partial charge on any atom is 0.191 e. The summed E-state index contributed by atoms with van der Waals surface area (Å²) in [5.41, 5.74) is 0.191. The Labute approximate surface area is 139 Å². The van der Waals surface area contributed by atoms with Crippen LogP contribution in [0, 0.1) is 5.41 Å². The molecule has 0 saturated carbocycles. The van der Waals surface area contributed by atoms with E-state index >= 15 is 0 Å². The molecule has 0 spiro atoms. The summed E-state index contributed by atoms with van der Waals surface area (Å²) in [6.07, 6.45) is 2.99. The van der Waals surface area contributed by atoms with Crippen molar-refractivity contribution < 1.29 is 0 Å². The van der Waals surface area contributed by atoms with E-state index in [0.29, 0.717) is 6.54 Å². The molecule has 0 fully saturated rings. The lowest BCUT2D eigenvalue weighted by atomic mass is 9.93. The number of aryl methyl sites for hydroxylation is 1. The predicted octanol–water partition coefficient (Wildman–Crippen LogP) is 2.35. The molecule has 126 valence electrons. The quantitative estimate of drug-likeness (QED) is 0.569. The van der Waals surface area contributed by atoms with E-state index in [0.717, 1.165) is 37.0 Å². The first-order chi connectivity index (χ1) is 10.4. The van der Waals surface area contributed by atoms with Gasteiger partial charge in [0.05, 0.1) is 6.54 Å². The Morgan fingerprint density at radius 3 is 2.59 bits per heavy atom. The molecule has 0 bridgehead atoms. The lowest BCUT2D eigenvalue weighted by Gasteiger charge is -2.29. The Bertz CT molecular complexity index is 465. The number of hydrogen-bond acceptors (Lipinski definition) is 4. The average Bonchev–Trinajstić information content (AvgIpc) is 2.88. The Balaban J connectivity index is 2.58. The molecule has 5 nitrogen and oxygen atoms in total. The Morgan fingerprint density at radius 1 is 1.32 bits per heavy atom. The Hall–Kier alpha value is -1.14. The molecular formula is C16H31N5S. The molecule has 0 unspecified atom stereocenters. The lowest BCUT2D eigenvalue weighted by molar-refractivity contribution is 0.241. The van der Waals surface area contributed by atoms with Crippen LogP contribution in [-0.2, 0) is 13.0 Å². The van der Waals surface area contributed by atoms with Gasteiger partial charge in [0.1, 0.15) is 5.01 Å². The van der Waals surface area contributed by atoms with Crippen molar-refractivity contribution in [3.8, 4) is 0 Å². The van der Waals surface area contributed by atoms with Gasteiger partial charge in [-0.2, -0.15) is 0 Å². The summed E-state index contributed by atoms with van der Waals surface area (Å²) in [6.45, 7) is 12.2. The maximum absolute atomic E-state index is 4.64. The number of hydrogen-bond donors (Lipinski definition) is 2. The molecule has 0 aliphatic heterocycles. The second-order valence-corrected chi connectivity index (χ2v) is 7.72. The van der Waals surface area contributed by atoms with E-state index in [4.69, 9.17) is 0 Å². The summed E-state index contributed by atoms with van der Waals surface area (Å²) in [5.74, 6) is 0.863. The molecule has 6 heteroatoms. The molecule has 0 aliphatic rings. The number of nitrogens with one attached hydrogen (secondary N) is 2. The van der Waals surface area contributed by atoms with Gasteiger partial charge in [0.25, 0.3) is 0 Å². The van der Waals surface area contributed by atoms with E-state index in [2.05, 4.69) is 67.3 Å². The minimum Gasteiger partial charge on any atom is -0.357 e. The van der Waals surface area contributed by atoms with Crippen molar-refractivity contribution >= 4 is 17.3 Å². The minimum absolute atomic E-state index is 0.191. The van der Waals surface area contributed by atoms with Crippen LogP contribution in [0.15, 0.2) is 11.2 Å². The molecule has 0 amide bonds. The lowest BCUT2D eigenvalue weighted by Crippen LogP contribution is -2.44. The first-order valence-electron chi connectivity index (χ1n) is 7.96. The fourth-order valence-electron chi connectivity index (χ4n) is 2.31. The van der Waals surface area contributed by atoms with Gasteiger partial charge in [-0.15, -0.1) is 11.3 Å². The van der Waals surface area contributed by atoms with Gasteiger partial charge in [-0.1, -0.05) is 20.8 Å². The maximum atomic E-state index is 4.64. The first kappa shape index (κ1) is 18.9. The van der Waals surface area contributed by atoms with Crippen molar-refractivity contribution in [1.29, 1.82) is 0 Å². The van der Waals surface area contributed by atoms with Crippen LogP contribution in [-0.4, -0.2) is 49.6 Å². The van der Waals surface area contributed by atoms with Crippen LogP contribution < -0.4 is 10.6 Å². The molecule has 1 aromatic rings. The fraction of sp³-hybridized carbons (Fsp3) is 0.750. The predicted molar refractivity (Wildman–Crippen MR) is 96.6 cm³/mol. The zero-order valence-electron chi connectivity index (χ0n) is 14.9. The zero-order chi connectivity index (χ0) is 16.6. The molecule has 1 aromatic heterocycles. The number of guanidine groups is 1. The van der Waals surface area contributed by atoms with Crippen LogP contribution in [0.3, 0.4) is 0 Å². The summed E-state index contributed by atoms with van der Waals surface area (Å²) in [5, 5.41) is 7.82. The third-order valence-electron chi connectivity index (χ3n) is 3.15. The number of nitrogens with zero attached hydrogens (tertiary/aromatic N) is 3. The number of aliphatic imine (C=N–C) groups is 1. The van der Waals surface area contributed by atoms with Crippen molar-refractivity contribution in [3.05, 3.63) is 16.1 Å². The van der Waals surface area contributed by atoms with Crippen molar-refractivity contribution in [2.45, 2.75) is 40.7 Å². The normalized spacial score (nSPS) is 12.8. The fourth-order valence-corrected chi connectivity index (χ4v) is 3.09. The van der Waals surface area contributed by atoms with E-state index in [1.807, 2.05) is 6.20 Å². The highest BCUT2D eigenvalue weighted by molar-refractivity contribution is 7.11. The van der Waals surface area contributed by atoms with E-state index in [1.165, 1.54) is 4.88 Å². The van der Waals surface area contributed by atoms with Crippen LogP contribution in [0.5, 0.6) is 0 Å². The summed E-state index contributed by atoms with van der Waals surface area (Å²) in [7, 11) is 4.21. The van der Waals surface area contributed by atoms with E-state index in [1.54, 1.807) is 11.3 Å². The molecule has 22 heavy (non-hydrogen) atoms. The Kier molecular flexibility index (Phi) is 7.82. The molecular weight excluding hydrogens is 294 g/mol. The van der Waals surface area contributed by atoms with E-state index in [9.17, 15) is 0 Å². The molecule has 2 N–H and O–H groups in total. The number of rotatable bonds is 8. The van der Waals surface area contributed by atoms with Crippen LogP contribution in [0.4, 0.5) is 0 Å². The smallest absolute Gasteiger partial charge is 0.191 e. The van der Waals surface area contributed by atoms with Crippen LogP contribution >= 0.6 is 11.3 Å². The van der Waals surface area contributed by atoms with Crippen molar-refractivity contribution in [2.75, 3.05) is 33.7 Å². The van der Waals surface area contributed by atoms with Crippen molar-refractivity contribution in [3.63, 3.8) is 0 Å². The molecule has 0 aromatic carbocycles. The topological polar surface area (TPSA) is 52.6 Å². The third-order valence-corrected chi connectivity index (χ3v) is 4.27. The standard InChI is InChI=1S/C16H31N5S/c1-7-13-9-18-14(22-13)10-19-15(17-8-2)20-11-16(3,4)12-21(5)6/h9H,7-8,10-12H2,1-6H3,(H2,17,19,20). The second kappa shape index (κ2) is 9.10. The summed E-state index contributed by atoms with van der Waals surface area (Å²) < 4.78 is 0. The molecule has 1 rings (SSSR count). The highest BCUT2D eigenvalue weighted by atomic mass is 32.1. The molecule has 0 aliphatic carbocycles. The number of thiazole rings is 1. The minimum atomic E-state index is 0.191. The van der Waals surface area contributed by atoms with Gasteiger partial charge in [-0.3, -0.25) is 0 Å². The molecule has 0 radical (unpaired) electrons. The monoisotopic (exact) mass is 325 g/mol. The Morgan fingerprint density at radius 2 is 2.05 bits per heavy atom. The van der Waals surface area contributed by atoms with Crippen LogP contribution in [0.2, 0.25) is 0 Å². The van der Waals surface area contributed by atoms with Crippen molar-refractivity contribution in [2.24, 2.45) is 10.4 Å². The number of aromatic nitrogens is 1. The van der Waals surface area contributed by atoms with Gasteiger partial charge in [0, 0.05) is 30.7 Å². The van der Waals surface area contributed by atoms with Gasteiger partial charge in [-0.25, -0.2) is 9.98 Å². The first-order valence-corrected chi connectivity index (χ1v) is 8.78. The molecule has 1 heterocycles. The van der Waals surface area contributed by atoms with Gasteiger partial charge >= 0.3 is 0 Å². The van der Waals surface area contributed by atoms with E-state index in [-0.39, 0.29) is 5.41 Å². The van der Waals surface area contributed by atoms with Crippen LogP contribution in [0.25, 0.3) is 0 Å². The summed E-state index contributed by atoms with van der Waals surface area (Å²) in [4.78, 5) is 12.6. The van der Waals surface area contributed by atoms with Crippen molar-refractivity contribution in [1.82, 2.24) is 20.5 Å². The molecule has 0 saturated heterocycles. The summed E-state index contributed by atoms with van der Waals surface area (Å²) >= 11 is 1.74. The third kappa shape index (κ3) is 7.22. The van der Waals surface area contributed by atoms with Gasteiger partial charge in [-0.05, 0) is 32.9 Å². The van der Waals surface area contributed by atoms with Gasteiger partial charge in [0.2, 0.25) is 0 Å². The molecule has 0 atom stereocenters. The largest absolute Gasteiger partial charge is 0.357 e. The SMILES string of the molecule is CCNC(=NCc1ncc(CC)s1)NCC(C)(C)CN(C)C. The van der Waals surface area contributed by atoms with Gasteiger partial charge < -0.3 is 15.5 Å². The zero-order valence-corrected chi connectivity index (χ0v) is 15.7. The average molecular weight is 326 g/mol. The second-order valence-electron chi connectivity index (χ2n) is 6.52. The highest BCUT2D eigenvalue weighted by Crippen LogP contribution is 2.15.